The van der Waals surface area contributed by atoms with E-state index in [9.17, 15) is 9.59 Å². The van der Waals surface area contributed by atoms with Crippen molar-refractivity contribution in [3.8, 4) is 5.75 Å². The van der Waals surface area contributed by atoms with Gasteiger partial charge in [0.2, 0.25) is 0 Å². The maximum atomic E-state index is 11.7. The number of hydrogen-bond donors (Lipinski definition) is 2. The van der Waals surface area contributed by atoms with Crippen LogP contribution in [0.3, 0.4) is 0 Å². The lowest BCUT2D eigenvalue weighted by Crippen LogP contribution is -2.44. The molecule has 1 aromatic heterocycles. The van der Waals surface area contributed by atoms with Crippen molar-refractivity contribution in [2.24, 2.45) is 0 Å². The minimum atomic E-state index is -0.546. The summed E-state index contributed by atoms with van der Waals surface area (Å²) in [6, 6.07) is 9.49. The highest BCUT2D eigenvalue weighted by Crippen LogP contribution is 2.27. The monoisotopic (exact) mass is 339 g/mol. The highest BCUT2D eigenvalue weighted by Gasteiger charge is 2.09. The molecular weight excluding hydrogens is 329 g/mol. The Bertz CT molecular complexity index is 680. The first-order valence-corrected chi connectivity index (χ1v) is 6.90. The maximum Gasteiger partial charge on any atom is 0.288 e. The summed E-state index contributed by atoms with van der Waals surface area (Å²) in [5.41, 5.74) is 4.62. The van der Waals surface area contributed by atoms with Gasteiger partial charge in [0.15, 0.2) is 6.61 Å². The number of pyridine rings is 1. The average molecular weight is 340 g/mol. The molecule has 0 spiro atoms. The molecule has 1 heterocycles. The zero-order valence-electron chi connectivity index (χ0n) is 11.2. The van der Waals surface area contributed by atoms with Crippen molar-refractivity contribution < 1.29 is 14.3 Å². The van der Waals surface area contributed by atoms with E-state index in [1.165, 1.54) is 18.3 Å². The molecule has 0 bridgehead atoms. The Kier molecular flexibility index (Phi) is 5.57. The molecule has 0 unspecified atom stereocenters. The number of hydrazine groups is 1. The third kappa shape index (κ3) is 4.61. The standard InChI is InChI=1S/C14H11Cl2N3O3/c15-9-4-5-12(10(16)7-9)22-8-13(20)18-19-14(21)11-3-1-2-6-17-11/h1-7H,8H2,(H,18,20)(H,19,21). The average Bonchev–Trinajstić information content (AvgIpc) is 2.52. The molecule has 2 aromatic rings. The fraction of sp³-hybridized carbons (Fsp3) is 0.0714. The maximum absolute atomic E-state index is 11.7. The van der Waals surface area contributed by atoms with Crippen LogP contribution in [0.25, 0.3) is 0 Å². The van der Waals surface area contributed by atoms with Crippen LogP contribution in [0.2, 0.25) is 10.0 Å². The smallest absolute Gasteiger partial charge is 0.288 e. The number of halogens is 2. The molecule has 2 rings (SSSR count). The molecule has 0 aliphatic rings. The number of ether oxygens (including phenoxy) is 1. The number of benzene rings is 1. The first-order valence-electron chi connectivity index (χ1n) is 6.14. The van der Waals surface area contributed by atoms with Gasteiger partial charge in [0, 0.05) is 11.2 Å². The number of hydrogen-bond acceptors (Lipinski definition) is 4. The molecule has 6 nitrogen and oxygen atoms in total. The third-order valence-corrected chi connectivity index (χ3v) is 3.00. The van der Waals surface area contributed by atoms with Gasteiger partial charge in [0.05, 0.1) is 5.02 Å². The van der Waals surface area contributed by atoms with Gasteiger partial charge in [-0.15, -0.1) is 0 Å². The number of rotatable bonds is 4. The van der Waals surface area contributed by atoms with Crippen molar-refractivity contribution in [1.82, 2.24) is 15.8 Å². The lowest BCUT2D eigenvalue weighted by atomic mass is 10.3. The number of carbonyl (C=O) groups excluding carboxylic acids is 2. The van der Waals surface area contributed by atoms with E-state index in [0.29, 0.717) is 10.8 Å². The van der Waals surface area contributed by atoms with Gasteiger partial charge in [0.25, 0.3) is 11.8 Å². The van der Waals surface area contributed by atoms with Crippen LogP contribution in [0.4, 0.5) is 0 Å². The van der Waals surface area contributed by atoms with Gasteiger partial charge in [-0.3, -0.25) is 25.4 Å². The SMILES string of the molecule is O=C(COc1ccc(Cl)cc1Cl)NNC(=O)c1ccccn1. The van der Waals surface area contributed by atoms with E-state index in [0.717, 1.165) is 0 Å². The topological polar surface area (TPSA) is 80.3 Å². The summed E-state index contributed by atoms with van der Waals surface area (Å²) in [6.45, 7) is -0.316. The Morgan fingerprint density at radius 3 is 2.64 bits per heavy atom. The fourth-order valence-corrected chi connectivity index (χ4v) is 1.92. The lowest BCUT2D eigenvalue weighted by molar-refractivity contribution is -0.123. The second kappa shape index (κ2) is 7.63. The normalized spacial score (nSPS) is 9.91. The first kappa shape index (κ1) is 16.1. The lowest BCUT2D eigenvalue weighted by Gasteiger charge is -2.09. The van der Waals surface area contributed by atoms with Crippen molar-refractivity contribution in [2.75, 3.05) is 6.61 Å². The van der Waals surface area contributed by atoms with Gasteiger partial charge in [0.1, 0.15) is 11.4 Å². The van der Waals surface area contributed by atoms with Gasteiger partial charge < -0.3 is 4.74 Å². The van der Waals surface area contributed by atoms with Crippen LogP contribution in [-0.2, 0) is 4.79 Å². The summed E-state index contributed by atoms with van der Waals surface area (Å²) >= 11 is 11.7. The molecule has 2 amide bonds. The zero-order valence-corrected chi connectivity index (χ0v) is 12.7. The van der Waals surface area contributed by atoms with Crippen molar-refractivity contribution in [2.45, 2.75) is 0 Å². The molecular formula is C14H11Cl2N3O3. The molecule has 0 saturated carbocycles. The third-order valence-electron chi connectivity index (χ3n) is 2.47. The predicted molar refractivity (Wildman–Crippen MR) is 81.8 cm³/mol. The Morgan fingerprint density at radius 2 is 1.95 bits per heavy atom. The van der Waals surface area contributed by atoms with Gasteiger partial charge in [-0.05, 0) is 30.3 Å². The Labute approximate surface area is 136 Å². The number of aromatic nitrogens is 1. The fourth-order valence-electron chi connectivity index (χ4n) is 1.46. The van der Waals surface area contributed by atoms with E-state index in [-0.39, 0.29) is 17.3 Å². The molecule has 2 N–H and O–H groups in total. The number of carbonyl (C=O) groups is 2. The van der Waals surface area contributed by atoms with Crippen LogP contribution in [0, 0.1) is 0 Å². The molecule has 8 heteroatoms. The predicted octanol–water partition coefficient (Wildman–Crippen LogP) is 2.23. The van der Waals surface area contributed by atoms with Crippen LogP contribution < -0.4 is 15.6 Å². The highest BCUT2D eigenvalue weighted by molar-refractivity contribution is 6.35. The Balaban J connectivity index is 1.80. The summed E-state index contributed by atoms with van der Waals surface area (Å²) < 4.78 is 5.22. The largest absolute Gasteiger partial charge is 0.482 e. The highest BCUT2D eigenvalue weighted by atomic mass is 35.5. The Hall–Kier alpha value is -2.31. The summed E-state index contributed by atoms with van der Waals surface area (Å²) in [4.78, 5) is 27.1. The van der Waals surface area contributed by atoms with Crippen molar-refractivity contribution >= 4 is 35.0 Å². The zero-order chi connectivity index (χ0) is 15.9. The van der Waals surface area contributed by atoms with Crippen LogP contribution in [0.5, 0.6) is 5.75 Å². The Morgan fingerprint density at radius 1 is 1.14 bits per heavy atom. The van der Waals surface area contributed by atoms with E-state index in [1.54, 1.807) is 24.3 Å². The van der Waals surface area contributed by atoms with Gasteiger partial charge in [-0.2, -0.15) is 0 Å². The van der Waals surface area contributed by atoms with Crippen LogP contribution >= 0.6 is 23.2 Å². The second-order valence-electron chi connectivity index (χ2n) is 4.08. The quantitative estimate of drug-likeness (QED) is 0.837. The molecule has 0 radical (unpaired) electrons. The van der Waals surface area contributed by atoms with Gasteiger partial charge >= 0.3 is 0 Å². The molecule has 1 aromatic carbocycles. The number of amides is 2. The minimum absolute atomic E-state index is 0.185. The summed E-state index contributed by atoms with van der Waals surface area (Å²) in [5, 5.41) is 0.752. The van der Waals surface area contributed by atoms with Gasteiger partial charge in [-0.1, -0.05) is 29.3 Å². The second-order valence-corrected chi connectivity index (χ2v) is 4.92. The number of nitrogens with one attached hydrogen (secondary N) is 2. The van der Waals surface area contributed by atoms with Crippen molar-refractivity contribution in [3.05, 3.63) is 58.3 Å². The van der Waals surface area contributed by atoms with E-state index < -0.39 is 11.8 Å². The van der Waals surface area contributed by atoms with Crippen LogP contribution in [0.15, 0.2) is 42.6 Å². The molecule has 0 saturated heterocycles. The molecule has 114 valence electrons. The summed E-state index contributed by atoms with van der Waals surface area (Å²) in [5.74, 6) is -0.758. The van der Waals surface area contributed by atoms with E-state index in [4.69, 9.17) is 27.9 Å². The molecule has 22 heavy (non-hydrogen) atoms. The van der Waals surface area contributed by atoms with Gasteiger partial charge in [-0.25, -0.2) is 0 Å². The van der Waals surface area contributed by atoms with Crippen LogP contribution in [-0.4, -0.2) is 23.4 Å². The number of nitrogens with zero attached hydrogens (tertiary/aromatic N) is 1. The van der Waals surface area contributed by atoms with E-state index >= 15 is 0 Å². The van der Waals surface area contributed by atoms with Crippen molar-refractivity contribution in [1.29, 1.82) is 0 Å². The minimum Gasteiger partial charge on any atom is -0.482 e. The first-order chi connectivity index (χ1) is 10.6. The van der Waals surface area contributed by atoms with E-state index in [1.807, 2.05) is 0 Å². The van der Waals surface area contributed by atoms with E-state index in [2.05, 4.69) is 15.8 Å². The summed E-state index contributed by atoms with van der Waals surface area (Å²) in [6.07, 6.45) is 1.47. The summed E-state index contributed by atoms with van der Waals surface area (Å²) in [7, 11) is 0. The van der Waals surface area contributed by atoms with Crippen LogP contribution in [0.1, 0.15) is 10.5 Å². The molecule has 0 aliphatic heterocycles. The molecule has 0 fully saturated rings. The van der Waals surface area contributed by atoms with Crippen molar-refractivity contribution in [3.63, 3.8) is 0 Å². The molecule has 0 atom stereocenters. The molecule has 0 aliphatic carbocycles.